The third-order valence-electron chi connectivity index (χ3n) is 4.96. The highest BCUT2D eigenvalue weighted by Gasteiger charge is 2.38. The molecule has 17 heavy (non-hydrogen) atoms. The molecule has 2 N–H and O–H groups in total. The first-order valence-corrected chi connectivity index (χ1v) is 7.65. The first-order valence-electron chi connectivity index (χ1n) is 7.65. The molecule has 2 rings (SSSR count). The summed E-state index contributed by atoms with van der Waals surface area (Å²) in [6.45, 7) is 4.93. The molecule has 0 radical (unpaired) electrons. The number of rotatable bonds is 8. The van der Waals surface area contributed by atoms with Gasteiger partial charge in [-0.05, 0) is 68.9 Å². The number of aliphatic hydroxyl groups is 1. The maximum absolute atomic E-state index is 9.03. The van der Waals surface area contributed by atoms with Crippen molar-refractivity contribution < 1.29 is 5.11 Å². The predicted octanol–water partition coefficient (Wildman–Crippen LogP) is 2.81. The lowest BCUT2D eigenvalue weighted by atomic mass is 9.88. The molecule has 0 aromatic carbocycles. The Hall–Kier alpha value is -0.0800. The normalized spacial score (nSPS) is 33.2. The number of aliphatic hydroxyl groups excluding tert-OH is 1. The number of hydrogen-bond acceptors (Lipinski definition) is 2. The van der Waals surface area contributed by atoms with E-state index in [1.165, 1.54) is 45.1 Å². The Labute approximate surface area is 106 Å². The quantitative estimate of drug-likeness (QED) is 0.682. The molecule has 2 nitrogen and oxygen atoms in total. The van der Waals surface area contributed by atoms with E-state index in [9.17, 15) is 0 Å². The van der Waals surface area contributed by atoms with Crippen LogP contribution in [0.25, 0.3) is 0 Å². The molecule has 0 saturated heterocycles. The average Bonchev–Trinajstić information content (AvgIpc) is 2.91. The van der Waals surface area contributed by atoms with Crippen LogP contribution in [0.4, 0.5) is 0 Å². The Morgan fingerprint density at radius 2 is 2.12 bits per heavy atom. The van der Waals surface area contributed by atoms with E-state index < -0.39 is 0 Å². The molecule has 100 valence electrons. The molecule has 0 aromatic heterocycles. The Kier molecular flexibility index (Phi) is 5.30. The largest absolute Gasteiger partial charge is 0.396 e. The molecule has 2 aliphatic carbocycles. The second-order valence-corrected chi connectivity index (χ2v) is 6.26. The Balaban J connectivity index is 1.61. The van der Waals surface area contributed by atoms with E-state index in [4.69, 9.17) is 5.11 Å². The van der Waals surface area contributed by atoms with Crippen molar-refractivity contribution in [3.05, 3.63) is 0 Å². The number of hydrogen-bond donors (Lipinski definition) is 2. The van der Waals surface area contributed by atoms with Crippen LogP contribution >= 0.6 is 0 Å². The van der Waals surface area contributed by atoms with E-state index in [2.05, 4.69) is 12.2 Å². The summed E-state index contributed by atoms with van der Waals surface area (Å²) in [6.07, 6.45) is 9.45. The fraction of sp³-hybridized carbons (Fsp3) is 1.00. The highest BCUT2D eigenvalue weighted by atomic mass is 16.3. The molecule has 4 atom stereocenters. The molecule has 2 bridgehead atoms. The molecule has 0 amide bonds. The highest BCUT2D eigenvalue weighted by molar-refractivity contribution is 4.90. The lowest BCUT2D eigenvalue weighted by Gasteiger charge is -2.23. The van der Waals surface area contributed by atoms with Crippen LogP contribution in [0.2, 0.25) is 0 Å². The van der Waals surface area contributed by atoms with E-state index in [0.29, 0.717) is 12.5 Å². The number of nitrogens with one attached hydrogen (secondary N) is 1. The monoisotopic (exact) mass is 239 g/mol. The van der Waals surface area contributed by atoms with Gasteiger partial charge in [0, 0.05) is 6.61 Å². The molecule has 2 aliphatic rings. The minimum absolute atomic E-state index is 0.348. The van der Waals surface area contributed by atoms with Gasteiger partial charge in [0.1, 0.15) is 0 Å². The maximum Gasteiger partial charge on any atom is 0.0434 e. The van der Waals surface area contributed by atoms with Gasteiger partial charge in [-0.25, -0.2) is 0 Å². The molecule has 0 heterocycles. The standard InChI is InChI=1S/C15H29NO/c1-2-3-12(6-7-17)10-16-11-15-9-13-4-5-14(15)8-13/h12-17H,2-11H2,1H3. The van der Waals surface area contributed by atoms with Gasteiger partial charge in [0.15, 0.2) is 0 Å². The van der Waals surface area contributed by atoms with Gasteiger partial charge < -0.3 is 10.4 Å². The smallest absolute Gasteiger partial charge is 0.0434 e. The minimum atomic E-state index is 0.348. The summed E-state index contributed by atoms with van der Waals surface area (Å²) in [5.74, 6) is 3.75. The van der Waals surface area contributed by atoms with Crippen molar-refractivity contribution in [1.82, 2.24) is 5.32 Å². The van der Waals surface area contributed by atoms with Crippen LogP contribution in [0.1, 0.15) is 51.9 Å². The lowest BCUT2D eigenvalue weighted by molar-refractivity contribution is 0.242. The van der Waals surface area contributed by atoms with Crippen LogP contribution < -0.4 is 5.32 Å². The van der Waals surface area contributed by atoms with Crippen LogP contribution in [0.15, 0.2) is 0 Å². The molecular weight excluding hydrogens is 210 g/mol. The molecule has 0 aromatic rings. The van der Waals surface area contributed by atoms with Gasteiger partial charge in [-0.1, -0.05) is 19.8 Å². The minimum Gasteiger partial charge on any atom is -0.396 e. The summed E-state index contributed by atoms with van der Waals surface area (Å²) < 4.78 is 0. The summed E-state index contributed by atoms with van der Waals surface area (Å²) in [7, 11) is 0. The maximum atomic E-state index is 9.03. The highest BCUT2D eigenvalue weighted by Crippen LogP contribution is 2.47. The first kappa shape index (κ1) is 13.4. The van der Waals surface area contributed by atoms with Crippen molar-refractivity contribution in [2.45, 2.75) is 51.9 Å². The van der Waals surface area contributed by atoms with E-state index >= 15 is 0 Å². The van der Waals surface area contributed by atoms with E-state index in [1.54, 1.807) is 0 Å². The Bertz CT molecular complexity index is 213. The summed E-state index contributed by atoms with van der Waals surface area (Å²) in [5, 5.41) is 12.7. The van der Waals surface area contributed by atoms with Crippen molar-refractivity contribution in [3.8, 4) is 0 Å². The van der Waals surface area contributed by atoms with Gasteiger partial charge in [0.05, 0.1) is 0 Å². The molecule has 2 heteroatoms. The molecule has 2 fully saturated rings. The van der Waals surface area contributed by atoms with Gasteiger partial charge in [0.2, 0.25) is 0 Å². The Morgan fingerprint density at radius 1 is 1.24 bits per heavy atom. The summed E-state index contributed by atoms with van der Waals surface area (Å²) in [5.41, 5.74) is 0. The van der Waals surface area contributed by atoms with Crippen LogP contribution in [0, 0.1) is 23.7 Å². The zero-order valence-corrected chi connectivity index (χ0v) is 11.3. The van der Waals surface area contributed by atoms with Crippen molar-refractivity contribution in [2.75, 3.05) is 19.7 Å². The van der Waals surface area contributed by atoms with Crippen LogP contribution in [-0.2, 0) is 0 Å². The first-order chi connectivity index (χ1) is 8.33. The second-order valence-electron chi connectivity index (χ2n) is 6.26. The lowest BCUT2D eigenvalue weighted by Crippen LogP contribution is -2.30. The van der Waals surface area contributed by atoms with Crippen molar-refractivity contribution in [2.24, 2.45) is 23.7 Å². The molecule has 4 unspecified atom stereocenters. The summed E-state index contributed by atoms with van der Waals surface area (Å²) in [4.78, 5) is 0. The average molecular weight is 239 g/mol. The zero-order valence-electron chi connectivity index (χ0n) is 11.3. The van der Waals surface area contributed by atoms with Gasteiger partial charge in [-0.2, -0.15) is 0 Å². The van der Waals surface area contributed by atoms with E-state index in [-0.39, 0.29) is 0 Å². The van der Waals surface area contributed by atoms with Gasteiger partial charge in [-0.3, -0.25) is 0 Å². The number of fused-ring (bicyclic) bond motifs is 2. The second kappa shape index (κ2) is 6.75. The third-order valence-corrected chi connectivity index (χ3v) is 4.96. The summed E-state index contributed by atoms with van der Waals surface area (Å²) >= 11 is 0. The topological polar surface area (TPSA) is 32.3 Å². The van der Waals surface area contributed by atoms with Crippen LogP contribution in [0.3, 0.4) is 0 Å². The third kappa shape index (κ3) is 3.69. The van der Waals surface area contributed by atoms with Crippen molar-refractivity contribution in [3.63, 3.8) is 0 Å². The Morgan fingerprint density at radius 3 is 2.71 bits per heavy atom. The van der Waals surface area contributed by atoms with E-state index in [1.807, 2.05) is 0 Å². The SMILES string of the molecule is CCCC(CCO)CNCC1CC2CCC1C2. The van der Waals surface area contributed by atoms with Gasteiger partial charge in [0.25, 0.3) is 0 Å². The van der Waals surface area contributed by atoms with Gasteiger partial charge in [-0.15, -0.1) is 0 Å². The summed E-state index contributed by atoms with van der Waals surface area (Å²) in [6, 6.07) is 0. The van der Waals surface area contributed by atoms with Gasteiger partial charge >= 0.3 is 0 Å². The van der Waals surface area contributed by atoms with Crippen LogP contribution in [-0.4, -0.2) is 24.8 Å². The predicted molar refractivity (Wildman–Crippen MR) is 71.9 cm³/mol. The molecule has 0 aliphatic heterocycles. The molecule has 2 saturated carbocycles. The molecular formula is C15H29NO. The van der Waals surface area contributed by atoms with Crippen molar-refractivity contribution >= 4 is 0 Å². The fourth-order valence-corrected chi connectivity index (χ4v) is 4.04. The van der Waals surface area contributed by atoms with Crippen molar-refractivity contribution in [1.29, 1.82) is 0 Å². The zero-order chi connectivity index (χ0) is 12.1. The fourth-order valence-electron chi connectivity index (χ4n) is 4.04. The van der Waals surface area contributed by atoms with Crippen LogP contribution in [0.5, 0.6) is 0 Å². The molecule has 0 spiro atoms. The van der Waals surface area contributed by atoms with E-state index in [0.717, 1.165) is 30.7 Å².